The molecule has 0 fully saturated rings. The molecule has 0 unspecified atom stereocenters. The van der Waals surface area contributed by atoms with Gasteiger partial charge >= 0.3 is 0 Å². The maximum atomic E-state index is 13.9. The molecule has 0 spiro atoms. The van der Waals surface area contributed by atoms with Crippen molar-refractivity contribution in [3.8, 4) is 22.6 Å². The summed E-state index contributed by atoms with van der Waals surface area (Å²) >= 11 is 6.26. The van der Waals surface area contributed by atoms with Gasteiger partial charge in [0.1, 0.15) is 23.7 Å². The number of hydrogen-bond donors (Lipinski definition) is 4. The van der Waals surface area contributed by atoms with Crippen LogP contribution in [0.3, 0.4) is 0 Å². The van der Waals surface area contributed by atoms with Crippen molar-refractivity contribution in [3.05, 3.63) is 183 Å². The van der Waals surface area contributed by atoms with Crippen molar-refractivity contribution in [3.63, 3.8) is 0 Å². The molecule has 62 heavy (non-hydrogen) atoms. The fraction of sp³-hybridized carbons (Fsp3) is 0.0213. The third-order valence-electron chi connectivity index (χ3n) is 10.2. The van der Waals surface area contributed by atoms with Crippen LogP contribution in [0.25, 0.3) is 32.7 Å². The Hall–Kier alpha value is -8.33. The summed E-state index contributed by atoms with van der Waals surface area (Å²) in [5, 5.41) is 57.0. The zero-order valence-corrected chi connectivity index (χ0v) is 32.9. The standard InChI is InChI=1S/C47H30ClN7O7/c48-40-11-5-6-12-41(40)49-47(59)39-22-27-8-2-4-10-34(27)43(46(39)58)53-51-31-16-20-36-35-19-15-30(23-37(35)45(57)38(36)24-31)50-52-42-33-9-3-1-7-26(33)21-28(44(42)56)25-62-54-29-13-17-32(18-14-29)55(60)61/h1-24,54,56,58H,25H2,(H,49,59). The van der Waals surface area contributed by atoms with E-state index in [0.717, 1.165) is 5.39 Å². The van der Waals surface area contributed by atoms with Gasteiger partial charge in [-0.3, -0.25) is 30.0 Å². The number of nitrogens with zero attached hydrogens (tertiary/aromatic N) is 5. The molecule has 0 radical (unpaired) electrons. The van der Waals surface area contributed by atoms with Gasteiger partial charge in [-0.25, -0.2) is 0 Å². The highest BCUT2D eigenvalue weighted by Crippen LogP contribution is 2.44. The van der Waals surface area contributed by atoms with Gasteiger partial charge in [-0.2, -0.15) is 10.2 Å². The smallest absolute Gasteiger partial charge is 0.269 e. The van der Waals surface area contributed by atoms with Gasteiger partial charge in [0.15, 0.2) is 11.5 Å². The van der Waals surface area contributed by atoms with Gasteiger partial charge in [0.25, 0.3) is 11.6 Å². The molecular weight excluding hydrogens is 810 g/mol. The van der Waals surface area contributed by atoms with E-state index in [1.54, 1.807) is 103 Å². The highest BCUT2D eigenvalue weighted by atomic mass is 35.5. The lowest BCUT2D eigenvalue weighted by molar-refractivity contribution is -0.384. The monoisotopic (exact) mass is 839 g/mol. The largest absolute Gasteiger partial charge is 0.505 e. The number of rotatable bonds is 11. The summed E-state index contributed by atoms with van der Waals surface area (Å²) in [6.07, 6.45) is 0. The molecule has 0 bridgehead atoms. The SMILES string of the molecule is O=C1c2cc(N=Nc3c(O)c(CONc4ccc([N+](=O)[O-])cc4)cc4ccccc34)ccc2-c2ccc(N=Nc3c(O)c(C(=O)Nc4ccccc4Cl)cc4ccccc34)cc21. The molecule has 0 aliphatic heterocycles. The number of anilines is 2. The molecular formula is C47H30ClN7O7. The van der Waals surface area contributed by atoms with Crippen LogP contribution in [0.15, 0.2) is 166 Å². The lowest BCUT2D eigenvalue weighted by Crippen LogP contribution is -2.12. The zero-order valence-electron chi connectivity index (χ0n) is 32.1. The molecule has 302 valence electrons. The van der Waals surface area contributed by atoms with E-state index in [1.165, 1.54) is 24.3 Å². The molecule has 0 aromatic heterocycles. The number of hydrogen-bond acceptors (Lipinski definition) is 12. The summed E-state index contributed by atoms with van der Waals surface area (Å²) in [5.74, 6) is -1.38. The number of non-ortho nitro benzene ring substituents is 1. The third kappa shape index (κ3) is 7.54. The van der Waals surface area contributed by atoms with Crippen molar-refractivity contribution in [1.29, 1.82) is 0 Å². The Morgan fingerprint density at radius 1 is 0.661 bits per heavy atom. The van der Waals surface area contributed by atoms with E-state index in [0.29, 0.717) is 71.7 Å². The number of fused-ring (bicyclic) bond motifs is 5. The van der Waals surface area contributed by atoms with E-state index in [9.17, 15) is 29.9 Å². The second-order valence-corrected chi connectivity index (χ2v) is 14.5. The fourth-order valence-electron chi connectivity index (χ4n) is 7.17. The first-order valence-electron chi connectivity index (χ1n) is 19.0. The lowest BCUT2D eigenvalue weighted by atomic mass is 10.0. The first kappa shape index (κ1) is 39.1. The average molecular weight is 840 g/mol. The van der Waals surface area contributed by atoms with Crippen molar-refractivity contribution < 1.29 is 29.6 Å². The number of nitro benzene ring substituents is 1. The second kappa shape index (κ2) is 16.4. The lowest BCUT2D eigenvalue weighted by Gasteiger charge is -2.12. The van der Waals surface area contributed by atoms with Crippen molar-refractivity contribution in [2.75, 3.05) is 10.8 Å². The van der Waals surface area contributed by atoms with Gasteiger partial charge in [0.2, 0.25) is 0 Å². The number of phenolic OH excluding ortho intramolecular Hbond substituents is 2. The Morgan fingerprint density at radius 3 is 1.84 bits per heavy atom. The van der Waals surface area contributed by atoms with Crippen molar-refractivity contribution >= 4 is 84.6 Å². The van der Waals surface area contributed by atoms with Gasteiger partial charge in [-0.05, 0) is 82.6 Å². The Morgan fingerprint density at radius 2 is 1.23 bits per heavy atom. The van der Waals surface area contributed by atoms with Crippen LogP contribution in [0.4, 0.5) is 39.8 Å². The number of nitrogens with one attached hydrogen (secondary N) is 2. The molecule has 15 heteroatoms. The number of benzene rings is 8. The topological polar surface area (TPSA) is 200 Å². The van der Waals surface area contributed by atoms with Gasteiger partial charge in [0.05, 0.1) is 38.3 Å². The zero-order chi connectivity index (χ0) is 42.9. The maximum Gasteiger partial charge on any atom is 0.269 e. The highest BCUT2D eigenvalue weighted by molar-refractivity contribution is 6.34. The molecule has 8 aromatic rings. The Balaban J connectivity index is 0.956. The van der Waals surface area contributed by atoms with E-state index < -0.39 is 10.8 Å². The highest BCUT2D eigenvalue weighted by Gasteiger charge is 2.28. The van der Waals surface area contributed by atoms with Gasteiger partial charge in [-0.15, -0.1) is 10.2 Å². The number of azo groups is 2. The van der Waals surface area contributed by atoms with E-state index in [2.05, 4.69) is 31.3 Å². The summed E-state index contributed by atoms with van der Waals surface area (Å²) in [6, 6.07) is 40.5. The molecule has 4 N–H and O–H groups in total. The van der Waals surface area contributed by atoms with E-state index in [-0.39, 0.29) is 46.5 Å². The number of halogens is 1. The maximum absolute atomic E-state index is 13.9. The minimum absolute atomic E-state index is 0.0237. The number of carbonyl (C=O) groups excluding carboxylic acids is 2. The van der Waals surface area contributed by atoms with E-state index in [1.807, 2.05) is 18.2 Å². The average Bonchev–Trinajstić information content (AvgIpc) is 3.56. The number of carbonyl (C=O) groups is 2. The van der Waals surface area contributed by atoms with Crippen LogP contribution in [0, 0.1) is 10.1 Å². The summed E-state index contributed by atoms with van der Waals surface area (Å²) in [4.78, 5) is 43.3. The second-order valence-electron chi connectivity index (χ2n) is 14.1. The first-order valence-corrected chi connectivity index (χ1v) is 19.3. The minimum Gasteiger partial charge on any atom is -0.505 e. The van der Waals surface area contributed by atoms with Gasteiger partial charge in [0, 0.05) is 39.6 Å². The van der Waals surface area contributed by atoms with Crippen LogP contribution in [0.1, 0.15) is 31.8 Å². The molecule has 1 amide bonds. The van der Waals surface area contributed by atoms with Crippen molar-refractivity contribution in [2.24, 2.45) is 20.5 Å². The van der Waals surface area contributed by atoms with Crippen LogP contribution in [-0.2, 0) is 11.4 Å². The number of amides is 1. The van der Waals surface area contributed by atoms with E-state index in [4.69, 9.17) is 16.4 Å². The van der Waals surface area contributed by atoms with Crippen LogP contribution in [0.5, 0.6) is 11.5 Å². The molecule has 0 atom stereocenters. The molecule has 8 aromatic carbocycles. The Labute approximate surface area is 356 Å². The molecule has 0 saturated heterocycles. The molecule has 9 rings (SSSR count). The number of nitro groups is 1. The molecule has 0 saturated carbocycles. The predicted molar refractivity (Wildman–Crippen MR) is 236 cm³/mol. The predicted octanol–water partition coefficient (Wildman–Crippen LogP) is 12.8. The molecule has 1 aliphatic carbocycles. The molecule has 0 heterocycles. The summed E-state index contributed by atoms with van der Waals surface area (Å²) in [5.41, 5.74) is 7.10. The molecule has 1 aliphatic rings. The summed E-state index contributed by atoms with van der Waals surface area (Å²) < 4.78 is 0. The Bertz CT molecular complexity index is 3210. The summed E-state index contributed by atoms with van der Waals surface area (Å²) in [7, 11) is 0. The summed E-state index contributed by atoms with van der Waals surface area (Å²) in [6.45, 7) is -0.0743. The van der Waals surface area contributed by atoms with Gasteiger partial charge in [-0.1, -0.05) is 84.4 Å². The quantitative estimate of drug-likeness (QED) is 0.0559. The van der Waals surface area contributed by atoms with Crippen LogP contribution in [0.2, 0.25) is 5.02 Å². The fourth-order valence-corrected chi connectivity index (χ4v) is 7.36. The van der Waals surface area contributed by atoms with Crippen LogP contribution < -0.4 is 10.8 Å². The van der Waals surface area contributed by atoms with Crippen molar-refractivity contribution in [1.82, 2.24) is 0 Å². The van der Waals surface area contributed by atoms with Crippen molar-refractivity contribution in [2.45, 2.75) is 6.61 Å². The van der Waals surface area contributed by atoms with E-state index >= 15 is 0 Å². The van der Waals surface area contributed by atoms with Gasteiger partial charge < -0.3 is 15.5 Å². The van der Waals surface area contributed by atoms with Crippen LogP contribution in [-0.4, -0.2) is 26.8 Å². The minimum atomic E-state index is -0.586. The van der Waals surface area contributed by atoms with Crippen LogP contribution >= 0.6 is 11.6 Å². The number of ketones is 1. The number of para-hydroxylation sites is 1. The number of aromatic hydroxyl groups is 2. The Kier molecular flexibility index (Phi) is 10.3. The molecule has 14 nitrogen and oxygen atoms in total. The first-order chi connectivity index (χ1) is 30.1. The number of phenols is 2. The normalized spacial score (nSPS) is 12.0. The third-order valence-corrected chi connectivity index (χ3v) is 10.6.